The van der Waals surface area contributed by atoms with Crippen molar-refractivity contribution in [1.29, 1.82) is 0 Å². The number of rotatable bonds is 3. The van der Waals surface area contributed by atoms with Gasteiger partial charge in [-0.2, -0.15) is 0 Å². The van der Waals surface area contributed by atoms with Crippen molar-refractivity contribution in [3.05, 3.63) is 29.8 Å². The van der Waals surface area contributed by atoms with Crippen LogP contribution in [0, 0.1) is 0 Å². The Morgan fingerprint density at radius 1 is 1.23 bits per heavy atom. The zero-order chi connectivity index (χ0) is 15.6. The van der Waals surface area contributed by atoms with Crippen LogP contribution in [0.4, 0.5) is 0 Å². The van der Waals surface area contributed by atoms with Crippen molar-refractivity contribution in [2.24, 2.45) is 0 Å². The lowest BCUT2D eigenvalue weighted by Crippen LogP contribution is -2.34. The van der Waals surface area contributed by atoms with E-state index in [1.54, 1.807) is 18.2 Å². The van der Waals surface area contributed by atoms with Crippen molar-refractivity contribution in [1.82, 2.24) is 5.32 Å². The maximum atomic E-state index is 11.8. The lowest BCUT2D eigenvalue weighted by molar-refractivity contribution is -0.116. The third kappa shape index (κ3) is 3.59. The van der Waals surface area contributed by atoms with Gasteiger partial charge in [0.05, 0.1) is 11.5 Å². The molecule has 2 heterocycles. The molecule has 2 aliphatic rings. The third-order valence-electron chi connectivity index (χ3n) is 3.57. The molecule has 3 rings (SSSR count). The van der Waals surface area contributed by atoms with Crippen LogP contribution < -0.4 is 14.8 Å². The Balaban J connectivity index is 1.60. The molecule has 1 aromatic carbocycles. The standard InChI is InChI=1S/C15H17NO5S/c17-15(16-12-5-8-22(18,19)10-12)4-2-11-1-3-13-14(9-11)21-7-6-20-13/h1-4,9,12H,5-8,10H2,(H,16,17)/b4-2+. The van der Waals surface area contributed by atoms with E-state index < -0.39 is 9.84 Å². The molecule has 1 amide bonds. The maximum Gasteiger partial charge on any atom is 0.244 e. The average molecular weight is 323 g/mol. The van der Waals surface area contributed by atoms with Gasteiger partial charge in [0, 0.05) is 12.1 Å². The molecule has 2 aliphatic heterocycles. The number of fused-ring (bicyclic) bond motifs is 1. The molecule has 0 radical (unpaired) electrons. The molecule has 0 aliphatic carbocycles. The quantitative estimate of drug-likeness (QED) is 0.831. The minimum Gasteiger partial charge on any atom is -0.486 e. The highest BCUT2D eigenvalue weighted by Crippen LogP contribution is 2.31. The van der Waals surface area contributed by atoms with Crippen LogP contribution in [0.25, 0.3) is 6.08 Å². The van der Waals surface area contributed by atoms with Gasteiger partial charge in [0.15, 0.2) is 21.3 Å². The van der Waals surface area contributed by atoms with Gasteiger partial charge >= 0.3 is 0 Å². The van der Waals surface area contributed by atoms with E-state index in [-0.39, 0.29) is 23.5 Å². The number of hydrogen-bond acceptors (Lipinski definition) is 5. The van der Waals surface area contributed by atoms with E-state index in [1.807, 2.05) is 6.07 Å². The van der Waals surface area contributed by atoms with Crippen LogP contribution in [0.15, 0.2) is 24.3 Å². The summed E-state index contributed by atoms with van der Waals surface area (Å²) >= 11 is 0. The van der Waals surface area contributed by atoms with Crippen molar-refractivity contribution < 1.29 is 22.7 Å². The van der Waals surface area contributed by atoms with Gasteiger partial charge in [-0.3, -0.25) is 4.79 Å². The number of nitrogens with one attached hydrogen (secondary N) is 1. The first-order chi connectivity index (χ1) is 10.5. The normalized spacial score (nSPS) is 22.6. The SMILES string of the molecule is O=C(/C=C/c1ccc2c(c1)OCCO2)NC1CCS(=O)(=O)C1. The summed E-state index contributed by atoms with van der Waals surface area (Å²) in [5.74, 6) is 1.23. The van der Waals surface area contributed by atoms with Gasteiger partial charge in [-0.05, 0) is 30.2 Å². The van der Waals surface area contributed by atoms with Crippen molar-refractivity contribution in [3.63, 3.8) is 0 Å². The summed E-state index contributed by atoms with van der Waals surface area (Å²) in [7, 11) is -2.99. The van der Waals surface area contributed by atoms with Crippen molar-refractivity contribution in [3.8, 4) is 11.5 Å². The van der Waals surface area contributed by atoms with Gasteiger partial charge in [-0.25, -0.2) is 8.42 Å². The summed E-state index contributed by atoms with van der Waals surface area (Å²) in [6.07, 6.45) is 3.54. The molecular formula is C15H17NO5S. The summed E-state index contributed by atoms with van der Waals surface area (Å²) in [5, 5.41) is 2.71. The van der Waals surface area contributed by atoms with Gasteiger partial charge in [0.1, 0.15) is 13.2 Å². The molecule has 6 nitrogen and oxygen atoms in total. The number of ether oxygens (including phenoxy) is 2. The molecular weight excluding hydrogens is 306 g/mol. The molecule has 0 bridgehead atoms. The fourth-order valence-electron chi connectivity index (χ4n) is 2.49. The number of sulfone groups is 1. The molecule has 1 aromatic rings. The fourth-order valence-corrected chi connectivity index (χ4v) is 4.17. The van der Waals surface area contributed by atoms with Crippen LogP contribution in [0.2, 0.25) is 0 Å². The average Bonchev–Trinajstić information content (AvgIpc) is 2.84. The van der Waals surface area contributed by atoms with Gasteiger partial charge in [0.25, 0.3) is 0 Å². The molecule has 118 valence electrons. The fraction of sp³-hybridized carbons (Fsp3) is 0.400. The molecule has 0 aromatic heterocycles. The van der Waals surface area contributed by atoms with Gasteiger partial charge in [-0.15, -0.1) is 0 Å². The maximum absolute atomic E-state index is 11.8. The number of benzene rings is 1. The van der Waals surface area contributed by atoms with Gasteiger partial charge in [-0.1, -0.05) is 6.07 Å². The Bertz CT molecular complexity index is 711. The molecule has 0 saturated carbocycles. The van der Waals surface area contributed by atoms with Crippen molar-refractivity contribution in [2.45, 2.75) is 12.5 Å². The second-order valence-electron chi connectivity index (χ2n) is 5.34. The Morgan fingerprint density at radius 2 is 2.00 bits per heavy atom. The molecule has 22 heavy (non-hydrogen) atoms. The second kappa shape index (κ2) is 6.00. The highest BCUT2D eigenvalue weighted by Gasteiger charge is 2.28. The van der Waals surface area contributed by atoms with Crippen LogP contribution >= 0.6 is 0 Å². The molecule has 1 unspecified atom stereocenters. The molecule has 7 heteroatoms. The Kier molecular flexibility index (Phi) is 4.06. The van der Waals surface area contributed by atoms with Gasteiger partial charge in [0.2, 0.25) is 5.91 Å². The predicted octanol–water partition coefficient (Wildman–Crippen LogP) is 0.774. The second-order valence-corrected chi connectivity index (χ2v) is 7.57. The summed E-state index contributed by atoms with van der Waals surface area (Å²) < 4.78 is 33.6. The highest BCUT2D eigenvalue weighted by atomic mass is 32.2. The monoisotopic (exact) mass is 323 g/mol. The Hall–Kier alpha value is -2.02. The smallest absolute Gasteiger partial charge is 0.244 e. The van der Waals surface area contributed by atoms with E-state index in [2.05, 4.69) is 5.32 Å². The minimum atomic E-state index is -2.99. The first kappa shape index (κ1) is 14.9. The van der Waals surface area contributed by atoms with E-state index >= 15 is 0 Å². The summed E-state index contributed by atoms with van der Waals surface area (Å²) in [6, 6.07) is 5.15. The predicted molar refractivity (Wildman–Crippen MR) is 81.7 cm³/mol. The van der Waals surface area contributed by atoms with E-state index in [9.17, 15) is 13.2 Å². The molecule has 1 fully saturated rings. The van der Waals surface area contributed by atoms with Crippen LogP contribution in [0.1, 0.15) is 12.0 Å². The Morgan fingerprint density at radius 3 is 2.73 bits per heavy atom. The van der Waals surface area contributed by atoms with Gasteiger partial charge < -0.3 is 14.8 Å². The highest BCUT2D eigenvalue weighted by molar-refractivity contribution is 7.91. The molecule has 1 atom stereocenters. The zero-order valence-electron chi connectivity index (χ0n) is 11.9. The zero-order valence-corrected chi connectivity index (χ0v) is 12.8. The first-order valence-corrected chi connectivity index (χ1v) is 8.93. The largest absolute Gasteiger partial charge is 0.486 e. The minimum absolute atomic E-state index is 0.0244. The van der Waals surface area contributed by atoms with E-state index in [1.165, 1.54) is 6.08 Å². The van der Waals surface area contributed by atoms with Crippen molar-refractivity contribution >= 4 is 21.8 Å². The van der Waals surface area contributed by atoms with E-state index in [0.29, 0.717) is 31.1 Å². The van der Waals surface area contributed by atoms with Crippen LogP contribution in [0.5, 0.6) is 11.5 Å². The summed E-state index contributed by atoms with van der Waals surface area (Å²) in [5.41, 5.74) is 0.818. The van der Waals surface area contributed by atoms with Crippen LogP contribution in [0.3, 0.4) is 0 Å². The third-order valence-corrected chi connectivity index (χ3v) is 5.34. The lowest BCUT2D eigenvalue weighted by Gasteiger charge is -2.18. The van der Waals surface area contributed by atoms with Crippen molar-refractivity contribution in [2.75, 3.05) is 24.7 Å². The molecule has 1 N–H and O–H groups in total. The molecule has 0 spiro atoms. The van der Waals surface area contributed by atoms with Crippen LogP contribution in [-0.4, -0.2) is 45.1 Å². The Labute approximate surface area is 129 Å². The topological polar surface area (TPSA) is 81.7 Å². The van der Waals surface area contributed by atoms with Crippen LogP contribution in [-0.2, 0) is 14.6 Å². The summed E-state index contributed by atoms with van der Waals surface area (Å²) in [4.78, 5) is 11.8. The number of carbonyl (C=O) groups excluding carboxylic acids is 1. The van der Waals surface area contributed by atoms with E-state index in [4.69, 9.17) is 9.47 Å². The van der Waals surface area contributed by atoms with E-state index in [0.717, 1.165) is 5.56 Å². The number of hydrogen-bond donors (Lipinski definition) is 1. The number of carbonyl (C=O) groups is 1. The first-order valence-electron chi connectivity index (χ1n) is 7.10. The number of amides is 1. The molecule has 1 saturated heterocycles. The summed E-state index contributed by atoms with van der Waals surface area (Å²) in [6.45, 7) is 1.05. The lowest BCUT2D eigenvalue weighted by atomic mass is 10.1.